The topological polar surface area (TPSA) is 20.3 Å². The second kappa shape index (κ2) is 8.38. The Labute approximate surface area is 132 Å². The molecule has 112 valence electrons. The molecule has 0 unspecified atom stereocenters. The molecule has 1 aromatic rings. The molecule has 0 N–H and O–H groups in total. The summed E-state index contributed by atoms with van der Waals surface area (Å²) in [6.07, 6.45) is 1.13. The Bertz CT molecular complexity index is 550. The van der Waals surface area contributed by atoms with Crippen LogP contribution < -0.4 is 0 Å². The van der Waals surface area contributed by atoms with Crippen LogP contribution in [0.15, 0.2) is 24.3 Å². The van der Waals surface area contributed by atoms with E-state index in [1.54, 1.807) is 0 Å². The third kappa shape index (κ3) is 5.22. The minimum Gasteiger partial charge on any atom is -0.303 e. The first-order chi connectivity index (χ1) is 10.6. The molecule has 1 heterocycles. The van der Waals surface area contributed by atoms with E-state index in [2.05, 4.69) is 0 Å². The Kier molecular flexibility index (Phi) is 4.90. The summed E-state index contributed by atoms with van der Waals surface area (Å²) in [5.74, 6) is -0.557. The van der Waals surface area contributed by atoms with Crippen molar-refractivity contribution >= 4 is 18.2 Å². The molecular weight excluding hydrogens is 277 g/mol. The Morgan fingerprint density at radius 2 is 1.95 bits per heavy atom. The molecule has 0 amide bonds. The largest absolute Gasteiger partial charge is 0.303 e. The predicted octanol–water partition coefficient (Wildman–Crippen LogP) is 3.94. The first-order valence-electron chi connectivity index (χ1n) is 8.68. The molecule has 20 heavy (non-hydrogen) atoms. The van der Waals surface area contributed by atoms with E-state index in [0.29, 0.717) is 24.8 Å². The minimum atomic E-state index is -1.71. The van der Waals surface area contributed by atoms with E-state index in [9.17, 15) is 9.18 Å². The second-order valence-electron chi connectivity index (χ2n) is 5.01. The second-order valence-corrected chi connectivity index (χ2v) is 5.01. The highest BCUT2D eigenvalue weighted by atomic mass is 35.5. The number of piperidine rings is 1. The molecule has 0 aromatic heterocycles. The lowest BCUT2D eigenvalue weighted by atomic mass is 9.99. The normalized spacial score (nSPS) is 24.7. The lowest BCUT2D eigenvalue weighted by Crippen LogP contribution is -2.33. The van der Waals surface area contributed by atoms with Crippen molar-refractivity contribution in [2.75, 3.05) is 19.5 Å². The highest BCUT2D eigenvalue weighted by molar-refractivity contribution is 5.95. The highest BCUT2D eigenvalue weighted by Crippen LogP contribution is 2.16. The summed E-state index contributed by atoms with van der Waals surface area (Å²) in [4.78, 5) is 13.3. The standard InChI is InChI=1S/C16H22FNO.ClH/c1-13-8-11-18(12-9-13)10-2-3-16(19)14-4-6-15(17)7-5-14;/h4-7,13H,2-3,8-12H2,1H3;1H/i11D2,12D2;. The van der Waals surface area contributed by atoms with Crippen molar-refractivity contribution in [2.45, 2.75) is 32.6 Å². The fourth-order valence-corrected chi connectivity index (χ4v) is 2.00. The van der Waals surface area contributed by atoms with Crippen molar-refractivity contribution < 1.29 is 14.7 Å². The van der Waals surface area contributed by atoms with Crippen LogP contribution in [0.2, 0.25) is 0 Å². The highest BCUT2D eigenvalue weighted by Gasteiger charge is 2.15. The van der Waals surface area contributed by atoms with Gasteiger partial charge in [-0.05, 0) is 69.0 Å². The first kappa shape index (κ1) is 11.7. The van der Waals surface area contributed by atoms with Gasteiger partial charge in [0.05, 0.1) is 0 Å². The van der Waals surface area contributed by atoms with E-state index >= 15 is 0 Å². The summed E-state index contributed by atoms with van der Waals surface area (Å²) < 4.78 is 45.1. The summed E-state index contributed by atoms with van der Waals surface area (Å²) in [5.41, 5.74) is 0.421. The van der Waals surface area contributed by atoms with Gasteiger partial charge in [0.1, 0.15) is 5.82 Å². The summed E-state index contributed by atoms with van der Waals surface area (Å²) >= 11 is 0. The van der Waals surface area contributed by atoms with Gasteiger partial charge in [0.2, 0.25) is 0 Å². The van der Waals surface area contributed by atoms with Gasteiger partial charge in [-0.1, -0.05) is 6.92 Å². The molecule has 0 saturated carbocycles. The van der Waals surface area contributed by atoms with Crippen LogP contribution in [0.1, 0.15) is 48.4 Å². The van der Waals surface area contributed by atoms with Gasteiger partial charge in [-0.3, -0.25) is 4.79 Å². The number of nitrogens with zero attached hydrogens (tertiary/aromatic N) is 1. The van der Waals surface area contributed by atoms with Gasteiger partial charge >= 0.3 is 0 Å². The number of rotatable bonds is 5. The zero-order chi connectivity index (χ0) is 17.3. The van der Waals surface area contributed by atoms with Crippen molar-refractivity contribution in [3.8, 4) is 0 Å². The average molecular weight is 304 g/mol. The number of hydrogen-bond acceptors (Lipinski definition) is 2. The van der Waals surface area contributed by atoms with Gasteiger partial charge < -0.3 is 4.90 Å². The minimum absolute atomic E-state index is 0. The third-order valence-corrected chi connectivity index (χ3v) is 3.21. The number of carbonyl (C=O) groups excluding carboxylic acids is 1. The van der Waals surface area contributed by atoms with E-state index in [1.165, 1.54) is 29.2 Å². The van der Waals surface area contributed by atoms with Gasteiger partial charge in [0.15, 0.2) is 5.78 Å². The fourth-order valence-electron chi connectivity index (χ4n) is 2.00. The van der Waals surface area contributed by atoms with E-state index in [1.807, 2.05) is 6.92 Å². The molecule has 2 nitrogen and oxygen atoms in total. The maximum atomic E-state index is 12.8. The van der Waals surface area contributed by atoms with Crippen molar-refractivity contribution in [1.82, 2.24) is 4.90 Å². The van der Waals surface area contributed by atoms with Crippen LogP contribution in [-0.2, 0) is 0 Å². The summed E-state index contributed by atoms with van der Waals surface area (Å²) in [7, 11) is 0. The molecule has 0 aliphatic carbocycles. The molecule has 1 aliphatic rings. The van der Waals surface area contributed by atoms with Crippen LogP contribution in [0.4, 0.5) is 4.39 Å². The molecule has 0 radical (unpaired) electrons. The zero-order valence-electron chi connectivity index (χ0n) is 15.6. The van der Waals surface area contributed by atoms with Gasteiger partial charge in [-0.25, -0.2) is 4.39 Å². The van der Waals surface area contributed by atoms with Crippen LogP contribution in [0.5, 0.6) is 0 Å². The average Bonchev–Trinajstić information content (AvgIpc) is 2.40. The zero-order valence-corrected chi connectivity index (χ0v) is 12.4. The van der Waals surface area contributed by atoms with Crippen LogP contribution in [0.3, 0.4) is 0 Å². The smallest absolute Gasteiger partial charge is 0.162 e. The quantitative estimate of drug-likeness (QED) is 0.768. The molecule has 1 fully saturated rings. The summed E-state index contributed by atoms with van der Waals surface area (Å²) in [6, 6.07) is 5.32. The molecular formula is C16H23ClFNO. The molecule has 0 atom stereocenters. The lowest BCUT2D eigenvalue weighted by Gasteiger charge is -2.29. The molecule has 4 heteroatoms. The summed E-state index contributed by atoms with van der Waals surface area (Å²) in [6.45, 7) is -1.38. The molecule has 1 aromatic carbocycles. The number of benzene rings is 1. The van der Waals surface area contributed by atoms with Crippen molar-refractivity contribution in [3.63, 3.8) is 0 Å². The fraction of sp³-hybridized carbons (Fsp3) is 0.562. The van der Waals surface area contributed by atoms with E-state index in [0.717, 1.165) is 0 Å². The van der Waals surface area contributed by atoms with Gasteiger partial charge in [-0.2, -0.15) is 0 Å². The monoisotopic (exact) mass is 303 g/mol. The Morgan fingerprint density at radius 3 is 2.55 bits per heavy atom. The van der Waals surface area contributed by atoms with E-state index in [4.69, 9.17) is 5.48 Å². The number of halogens is 2. The van der Waals surface area contributed by atoms with Crippen LogP contribution in [0, 0.1) is 11.7 Å². The number of Topliss-reactive ketones (excluding diaryl/α,β-unsaturated/α-hetero) is 1. The van der Waals surface area contributed by atoms with Gasteiger partial charge in [0, 0.05) is 17.5 Å². The number of ketones is 1. The molecule has 0 bridgehead atoms. The molecule has 1 aliphatic heterocycles. The van der Waals surface area contributed by atoms with Crippen LogP contribution in [0.25, 0.3) is 0 Å². The maximum absolute atomic E-state index is 12.8. The van der Waals surface area contributed by atoms with Crippen molar-refractivity contribution in [2.24, 2.45) is 5.92 Å². The maximum Gasteiger partial charge on any atom is 0.162 e. The molecule has 0 spiro atoms. The lowest BCUT2D eigenvalue weighted by molar-refractivity contribution is 0.0971. The molecule has 2 rings (SSSR count). The SMILES string of the molecule is Cl.[2H]C1([2H])CC(C)CC([2H])([2H])N1CCCC(=O)c1ccc(F)cc1. The van der Waals surface area contributed by atoms with E-state index in [-0.39, 0.29) is 37.1 Å². The van der Waals surface area contributed by atoms with Crippen molar-refractivity contribution in [1.29, 1.82) is 0 Å². The third-order valence-electron chi connectivity index (χ3n) is 3.21. The Balaban J connectivity index is 0.00000288. The summed E-state index contributed by atoms with van der Waals surface area (Å²) in [5, 5.41) is 0. The van der Waals surface area contributed by atoms with Gasteiger partial charge in [0.25, 0.3) is 0 Å². The number of carbonyl (C=O) groups is 1. The molecule has 1 saturated heterocycles. The predicted molar refractivity (Wildman–Crippen MR) is 82.1 cm³/mol. The number of likely N-dealkylation sites (tertiary alicyclic amines) is 1. The van der Waals surface area contributed by atoms with E-state index < -0.39 is 18.8 Å². The number of hydrogen-bond donors (Lipinski definition) is 0. The van der Waals surface area contributed by atoms with Gasteiger partial charge in [-0.15, -0.1) is 12.4 Å². The van der Waals surface area contributed by atoms with Crippen LogP contribution in [-0.4, -0.2) is 30.2 Å². The first-order valence-corrected chi connectivity index (χ1v) is 6.68. The van der Waals surface area contributed by atoms with Crippen LogP contribution >= 0.6 is 12.4 Å². The van der Waals surface area contributed by atoms with Crippen molar-refractivity contribution in [3.05, 3.63) is 35.6 Å². The Morgan fingerprint density at radius 1 is 1.35 bits per heavy atom. The Hall–Kier alpha value is -0.930.